The molecular weight excluding hydrogens is 280 g/mol. The summed E-state index contributed by atoms with van der Waals surface area (Å²) in [7, 11) is 0. The summed E-state index contributed by atoms with van der Waals surface area (Å²) >= 11 is 1.61. The van der Waals surface area contributed by atoms with E-state index in [9.17, 15) is 0 Å². The maximum atomic E-state index is 5.95. The van der Waals surface area contributed by atoms with E-state index in [4.69, 9.17) is 5.73 Å². The van der Waals surface area contributed by atoms with Crippen molar-refractivity contribution in [3.8, 4) is 11.3 Å². The van der Waals surface area contributed by atoms with Crippen LogP contribution >= 0.6 is 11.3 Å². The molecule has 5 heteroatoms. The van der Waals surface area contributed by atoms with Crippen molar-refractivity contribution in [2.75, 3.05) is 18.8 Å². The maximum Gasteiger partial charge on any atom is 0.180 e. The van der Waals surface area contributed by atoms with Crippen molar-refractivity contribution in [3.63, 3.8) is 0 Å². The van der Waals surface area contributed by atoms with Crippen LogP contribution in [0.5, 0.6) is 0 Å². The van der Waals surface area contributed by atoms with Crippen molar-refractivity contribution in [3.05, 3.63) is 35.2 Å². The lowest BCUT2D eigenvalue weighted by molar-refractivity contribution is 0.168. The van der Waals surface area contributed by atoms with Gasteiger partial charge in [-0.15, -0.1) is 11.3 Å². The number of thiazole rings is 1. The number of hydrogen-bond donors (Lipinski definition) is 2. The average Bonchev–Trinajstić information content (AvgIpc) is 2.79. The molecule has 4 nitrogen and oxygen atoms in total. The number of piperazine rings is 1. The van der Waals surface area contributed by atoms with Crippen LogP contribution in [-0.2, 0) is 6.54 Å². The van der Waals surface area contributed by atoms with Gasteiger partial charge in [0.15, 0.2) is 5.13 Å². The molecule has 1 aliphatic heterocycles. The highest BCUT2D eigenvalue weighted by atomic mass is 32.1. The first-order valence-corrected chi connectivity index (χ1v) is 8.22. The summed E-state index contributed by atoms with van der Waals surface area (Å²) in [6.45, 7) is 7.53. The number of aromatic nitrogens is 1. The Morgan fingerprint density at radius 3 is 2.57 bits per heavy atom. The van der Waals surface area contributed by atoms with E-state index in [0.717, 1.165) is 30.9 Å². The summed E-state index contributed by atoms with van der Waals surface area (Å²) in [6.07, 6.45) is 0. The lowest BCUT2D eigenvalue weighted by Gasteiger charge is -2.35. The Morgan fingerprint density at radius 2 is 1.90 bits per heavy atom. The summed E-state index contributed by atoms with van der Waals surface area (Å²) in [6, 6.07) is 11.4. The van der Waals surface area contributed by atoms with Crippen LogP contribution in [0.15, 0.2) is 30.3 Å². The normalized spacial score (nSPS) is 23.3. The molecule has 2 atom stereocenters. The average molecular weight is 302 g/mol. The van der Waals surface area contributed by atoms with E-state index in [2.05, 4.69) is 41.2 Å². The summed E-state index contributed by atoms with van der Waals surface area (Å²) in [5, 5.41) is 4.22. The van der Waals surface area contributed by atoms with Crippen molar-refractivity contribution in [1.29, 1.82) is 0 Å². The predicted octanol–water partition coefficient (Wildman–Crippen LogP) is 2.57. The highest BCUT2D eigenvalue weighted by Gasteiger charge is 2.23. The fourth-order valence-electron chi connectivity index (χ4n) is 3.07. The lowest BCUT2D eigenvalue weighted by atomic mass is 10.1. The van der Waals surface area contributed by atoms with E-state index in [0.29, 0.717) is 17.2 Å². The second-order valence-electron chi connectivity index (χ2n) is 5.85. The Labute approximate surface area is 130 Å². The molecular formula is C16H22N4S. The van der Waals surface area contributed by atoms with Gasteiger partial charge < -0.3 is 11.1 Å². The van der Waals surface area contributed by atoms with Crippen LogP contribution in [-0.4, -0.2) is 35.1 Å². The minimum atomic E-state index is 0.527. The molecule has 0 unspecified atom stereocenters. The van der Waals surface area contributed by atoms with Crippen molar-refractivity contribution in [2.24, 2.45) is 0 Å². The van der Waals surface area contributed by atoms with E-state index in [1.54, 1.807) is 11.3 Å². The van der Waals surface area contributed by atoms with Crippen LogP contribution in [0.3, 0.4) is 0 Å². The summed E-state index contributed by atoms with van der Waals surface area (Å²) in [5.41, 5.74) is 8.14. The largest absolute Gasteiger partial charge is 0.375 e. The summed E-state index contributed by atoms with van der Waals surface area (Å²) in [5.74, 6) is 0. The standard InChI is InChI=1S/C16H22N4S/c1-11-8-20(9-12(2)18-11)10-14-15(19-16(17)21-14)13-6-4-3-5-7-13/h3-7,11-12,18H,8-10H2,1-2H3,(H2,17,19)/t11-,12+. The number of hydrogen-bond acceptors (Lipinski definition) is 5. The number of nitrogens with one attached hydrogen (secondary N) is 1. The number of anilines is 1. The van der Waals surface area contributed by atoms with Crippen LogP contribution < -0.4 is 11.1 Å². The van der Waals surface area contributed by atoms with Crippen molar-refractivity contribution < 1.29 is 0 Å². The molecule has 21 heavy (non-hydrogen) atoms. The second-order valence-corrected chi connectivity index (χ2v) is 6.97. The molecule has 0 bridgehead atoms. The Bertz CT molecular complexity index is 586. The molecule has 1 fully saturated rings. The number of nitrogen functional groups attached to an aromatic ring is 1. The first kappa shape index (κ1) is 14.5. The first-order chi connectivity index (χ1) is 10.1. The van der Waals surface area contributed by atoms with Gasteiger partial charge in [0.2, 0.25) is 0 Å². The smallest absolute Gasteiger partial charge is 0.180 e. The van der Waals surface area contributed by atoms with Gasteiger partial charge in [0, 0.05) is 42.2 Å². The maximum absolute atomic E-state index is 5.95. The van der Waals surface area contributed by atoms with Crippen molar-refractivity contribution in [1.82, 2.24) is 15.2 Å². The molecule has 0 amide bonds. The zero-order valence-electron chi connectivity index (χ0n) is 12.5. The summed E-state index contributed by atoms with van der Waals surface area (Å²) in [4.78, 5) is 8.29. The Hall–Kier alpha value is -1.43. The van der Waals surface area contributed by atoms with Gasteiger partial charge >= 0.3 is 0 Å². The van der Waals surface area contributed by atoms with Crippen LogP contribution in [0.25, 0.3) is 11.3 Å². The van der Waals surface area contributed by atoms with Gasteiger partial charge in [0.25, 0.3) is 0 Å². The van der Waals surface area contributed by atoms with E-state index in [1.165, 1.54) is 4.88 Å². The number of nitrogens with two attached hydrogens (primary N) is 1. The van der Waals surface area contributed by atoms with Crippen LogP contribution in [0.4, 0.5) is 5.13 Å². The minimum Gasteiger partial charge on any atom is -0.375 e. The quantitative estimate of drug-likeness (QED) is 0.915. The van der Waals surface area contributed by atoms with Crippen LogP contribution in [0.1, 0.15) is 18.7 Å². The number of benzene rings is 1. The fourth-order valence-corrected chi connectivity index (χ4v) is 3.97. The molecule has 2 aromatic rings. The third-order valence-electron chi connectivity index (χ3n) is 3.76. The topological polar surface area (TPSA) is 54.2 Å². The molecule has 0 spiro atoms. The van der Waals surface area contributed by atoms with Gasteiger partial charge in [-0.25, -0.2) is 4.98 Å². The van der Waals surface area contributed by atoms with E-state index >= 15 is 0 Å². The predicted molar refractivity (Wildman–Crippen MR) is 89.3 cm³/mol. The Kier molecular flexibility index (Phi) is 4.24. The Balaban J connectivity index is 1.83. The van der Waals surface area contributed by atoms with Gasteiger partial charge in [-0.1, -0.05) is 30.3 Å². The van der Waals surface area contributed by atoms with Crippen molar-refractivity contribution >= 4 is 16.5 Å². The molecule has 0 radical (unpaired) electrons. The van der Waals surface area contributed by atoms with E-state index in [-0.39, 0.29) is 0 Å². The fraction of sp³-hybridized carbons (Fsp3) is 0.438. The minimum absolute atomic E-state index is 0.527. The van der Waals surface area contributed by atoms with Gasteiger partial charge in [0.1, 0.15) is 0 Å². The molecule has 1 aromatic heterocycles. The van der Waals surface area contributed by atoms with E-state index < -0.39 is 0 Å². The molecule has 3 N–H and O–H groups in total. The van der Waals surface area contributed by atoms with Gasteiger partial charge in [-0.05, 0) is 13.8 Å². The monoisotopic (exact) mass is 302 g/mol. The molecule has 112 valence electrons. The van der Waals surface area contributed by atoms with Gasteiger partial charge in [0.05, 0.1) is 5.69 Å². The number of rotatable bonds is 3. The van der Waals surface area contributed by atoms with Gasteiger partial charge in [-0.2, -0.15) is 0 Å². The van der Waals surface area contributed by atoms with Gasteiger partial charge in [-0.3, -0.25) is 4.90 Å². The molecule has 2 heterocycles. The van der Waals surface area contributed by atoms with E-state index in [1.807, 2.05) is 18.2 Å². The molecule has 3 rings (SSSR count). The third kappa shape index (κ3) is 3.43. The lowest BCUT2D eigenvalue weighted by Crippen LogP contribution is -2.53. The summed E-state index contributed by atoms with van der Waals surface area (Å²) < 4.78 is 0. The molecule has 1 aromatic carbocycles. The third-order valence-corrected chi connectivity index (χ3v) is 4.63. The SMILES string of the molecule is C[C@@H]1CN(Cc2sc(N)nc2-c2ccccc2)C[C@H](C)N1. The second kappa shape index (κ2) is 6.13. The Morgan fingerprint density at radius 1 is 1.24 bits per heavy atom. The molecule has 0 aliphatic carbocycles. The molecule has 0 saturated carbocycles. The highest BCUT2D eigenvalue weighted by molar-refractivity contribution is 7.15. The van der Waals surface area contributed by atoms with Crippen LogP contribution in [0.2, 0.25) is 0 Å². The zero-order valence-corrected chi connectivity index (χ0v) is 13.4. The highest BCUT2D eigenvalue weighted by Crippen LogP contribution is 2.31. The van der Waals surface area contributed by atoms with Crippen molar-refractivity contribution in [2.45, 2.75) is 32.5 Å². The van der Waals surface area contributed by atoms with Crippen LogP contribution in [0, 0.1) is 0 Å². The first-order valence-electron chi connectivity index (χ1n) is 7.41. The number of nitrogens with zero attached hydrogens (tertiary/aromatic N) is 2. The zero-order chi connectivity index (χ0) is 14.8. The molecule has 1 aliphatic rings. The molecule has 1 saturated heterocycles.